The molecule has 1 saturated carbocycles. The SMILES string of the molecule is CCNC(Cc1nccn1CC)C1(CC)CCCC1. The summed E-state index contributed by atoms with van der Waals surface area (Å²) in [6.07, 6.45) is 12.0. The number of hydrogen-bond donors (Lipinski definition) is 1. The highest BCUT2D eigenvalue weighted by molar-refractivity contribution is 5.02. The number of aryl methyl sites for hydroxylation is 1. The molecule has 3 nitrogen and oxygen atoms in total. The molecule has 1 unspecified atom stereocenters. The van der Waals surface area contributed by atoms with Crippen LogP contribution in [0.2, 0.25) is 0 Å². The van der Waals surface area contributed by atoms with Gasteiger partial charge in [-0.3, -0.25) is 0 Å². The van der Waals surface area contributed by atoms with Gasteiger partial charge in [-0.25, -0.2) is 4.98 Å². The lowest BCUT2D eigenvalue weighted by molar-refractivity contribution is 0.183. The maximum absolute atomic E-state index is 4.57. The minimum atomic E-state index is 0.501. The van der Waals surface area contributed by atoms with Gasteiger partial charge in [0.15, 0.2) is 0 Å². The zero-order valence-electron chi connectivity index (χ0n) is 12.8. The number of rotatable bonds is 7. The number of nitrogens with zero attached hydrogens (tertiary/aromatic N) is 2. The second kappa shape index (κ2) is 6.56. The quantitative estimate of drug-likeness (QED) is 0.817. The third-order valence-electron chi connectivity index (χ3n) is 5.02. The summed E-state index contributed by atoms with van der Waals surface area (Å²) in [5.74, 6) is 1.24. The molecule has 0 saturated heterocycles. The van der Waals surface area contributed by atoms with Crippen LogP contribution in [0.4, 0.5) is 0 Å². The molecule has 1 atom stereocenters. The van der Waals surface area contributed by atoms with E-state index in [1.807, 2.05) is 6.20 Å². The standard InChI is InChI=1S/C16H29N3/c1-4-16(9-7-8-10-16)14(17-5-2)13-15-18-11-12-19(15)6-3/h11-12,14,17H,4-10,13H2,1-3H3. The fourth-order valence-corrected chi connectivity index (χ4v) is 3.78. The Hall–Kier alpha value is -0.830. The van der Waals surface area contributed by atoms with Gasteiger partial charge in [0.2, 0.25) is 0 Å². The first kappa shape index (κ1) is 14.6. The second-order valence-corrected chi connectivity index (χ2v) is 5.87. The molecule has 1 fully saturated rings. The molecule has 1 aromatic heterocycles. The molecule has 2 rings (SSSR count). The van der Waals surface area contributed by atoms with Crippen LogP contribution in [0.1, 0.15) is 58.7 Å². The molecule has 0 amide bonds. The molecule has 0 bridgehead atoms. The van der Waals surface area contributed by atoms with Crippen LogP contribution in [-0.2, 0) is 13.0 Å². The van der Waals surface area contributed by atoms with Crippen molar-refractivity contribution >= 4 is 0 Å². The van der Waals surface area contributed by atoms with Crippen molar-refractivity contribution in [2.45, 2.75) is 71.9 Å². The summed E-state index contributed by atoms with van der Waals surface area (Å²) in [7, 11) is 0. The molecule has 0 aliphatic heterocycles. The fourth-order valence-electron chi connectivity index (χ4n) is 3.78. The molecule has 1 aliphatic carbocycles. The van der Waals surface area contributed by atoms with E-state index in [9.17, 15) is 0 Å². The van der Waals surface area contributed by atoms with E-state index in [1.54, 1.807) is 0 Å². The topological polar surface area (TPSA) is 29.9 Å². The molecule has 1 heterocycles. The van der Waals surface area contributed by atoms with Crippen LogP contribution in [0.3, 0.4) is 0 Å². The van der Waals surface area contributed by atoms with E-state index in [-0.39, 0.29) is 0 Å². The third-order valence-corrected chi connectivity index (χ3v) is 5.02. The average molecular weight is 263 g/mol. The maximum atomic E-state index is 4.57. The zero-order valence-corrected chi connectivity index (χ0v) is 12.8. The Labute approximate surface area is 117 Å². The summed E-state index contributed by atoms with van der Waals surface area (Å²) in [4.78, 5) is 4.57. The first-order valence-electron chi connectivity index (χ1n) is 7.99. The highest BCUT2D eigenvalue weighted by Gasteiger charge is 2.39. The molecule has 1 N–H and O–H groups in total. The molecule has 0 aromatic carbocycles. The molecule has 108 valence electrons. The van der Waals surface area contributed by atoms with Gasteiger partial charge < -0.3 is 9.88 Å². The number of imidazole rings is 1. The average Bonchev–Trinajstić information content (AvgIpc) is 3.07. The lowest BCUT2D eigenvalue weighted by atomic mass is 9.74. The predicted octanol–water partition coefficient (Wildman–Crippen LogP) is 3.39. The van der Waals surface area contributed by atoms with Gasteiger partial charge in [-0.2, -0.15) is 0 Å². The lowest BCUT2D eigenvalue weighted by Crippen LogP contribution is -2.45. The zero-order chi connectivity index (χ0) is 13.7. The van der Waals surface area contributed by atoms with Crippen LogP contribution < -0.4 is 5.32 Å². The van der Waals surface area contributed by atoms with Crippen molar-refractivity contribution in [3.63, 3.8) is 0 Å². The van der Waals surface area contributed by atoms with E-state index in [4.69, 9.17) is 0 Å². The van der Waals surface area contributed by atoms with Crippen molar-refractivity contribution in [3.05, 3.63) is 18.2 Å². The summed E-state index contributed by atoms with van der Waals surface area (Å²) in [6.45, 7) is 8.85. The van der Waals surface area contributed by atoms with Crippen LogP contribution in [0.5, 0.6) is 0 Å². The van der Waals surface area contributed by atoms with Gasteiger partial charge in [0.1, 0.15) is 5.82 Å². The van der Waals surface area contributed by atoms with Crippen molar-refractivity contribution in [1.29, 1.82) is 0 Å². The maximum Gasteiger partial charge on any atom is 0.110 e. The van der Waals surface area contributed by atoms with E-state index in [0.29, 0.717) is 11.5 Å². The largest absolute Gasteiger partial charge is 0.335 e. The Balaban J connectivity index is 2.15. The van der Waals surface area contributed by atoms with Gasteiger partial charge in [-0.05, 0) is 38.1 Å². The van der Waals surface area contributed by atoms with Gasteiger partial charge in [0, 0.05) is 31.4 Å². The van der Waals surface area contributed by atoms with E-state index in [1.165, 1.54) is 37.9 Å². The number of nitrogens with one attached hydrogen (secondary N) is 1. The first-order chi connectivity index (χ1) is 9.25. The Bertz CT molecular complexity index is 377. The van der Waals surface area contributed by atoms with Gasteiger partial charge in [0.05, 0.1) is 0 Å². The number of hydrogen-bond acceptors (Lipinski definition) is 2. The van der Waals surface area contributed by atoms with Crippen molar-refractivity contribution in [3.8, 4) is 0 Å². The monoisotopic (exact) mass is 263 g/mol. The Morgan fingerprint density at radius 2 is 2.05 bits per heavy atom. The van der Waals surface area contributed by atoms with Crippen LogP contribution in [-0.4, -0.2) is 22.1 Å². The molecular formula is C16H29N3. The molecular weight excluding hydrogens is 234 g/mol. The summed E-state index contributed by atoms with van der Waals surface area (Å²) in [5.41, 5.74) is 0.501. The normalized spacial score (nSPS) is 19.7. The highest BCUT2D eigenvalue weighted by Crippen LogP contribution is 2.44. The second-order valence-electron chi connectivity index (χ2n) is 5.87. The van der Waals surface area contributed by atoms with Crippen molar-refractivity contribution in [2.24, 2.45) is 5.41 Å². The van der Waals surface area contributed by atoms with Gasteiger partial charge >= 0.3 is 0 Å². The van der Waals surface area contributed by atoms with Crippen molar-refractivity contribution in [2.75, 3.05) is 6.54 Å². The summed E-state index contributed by atoms with van der Waals surface area (Å²) in [6, 6.07) is 0.581. The highest BCUT2D eigenvalue weighted by atomic mass is 15.1. The molecule has 3 heteroatoms. The molecule has 0 radical (unpaired) electrons. The molecule has 1 aromatic rings. The van der Waals surface area contributed by atoms with Crippen molar-refractivity contribution in [1.82, 2.24) is 14.9 Å². The van der Waals surface area contributed by atoms with Crippen LogP contribution in [0.25, 0.3) is 0 Å². The van der Waals surface area contributed by atoms with E-state index >= 15 is 0 Å². The van der Waals surface area contributed by atoms with Crippen LogP contribution in [0.15, 0.2) is 12.4 Å². The van der Waals surface area contributed by atoms with Gasteiger partial charge in [0.25, 0.3) is 0 Å². The molecule has 19 heavy (non-hydrogen) atoms. The Morgan fingerprint density at radius 3 is 2.63 bits per heavy atom. The van der Waals surface area contributed by atoms with Gasteiger partial charge in [-0.1, -0.05) is 26.7 Å². The van der Waals surface area contributed by atoms with E-state index in [2.05, 4.69) is 41.8 Å². The minimum absolute atomic E-state index is 0.501. The summed E-state index contributed by atoms with van der Waals surface area (Å²) >= 11 is 0. The lowest BCUT2D eigenvalue weighted by Gasteiger charge is -2.37. The predicted molar refractivity (Wildman–Crippen MR) is 80.3 cm³/mol. The first-order valence-corrected chi connectivity index (χ1v) is 7.99. The summed E-state index contributed by atoms with van der Waals surface area (Å²) in [5, 5.41) is 3.75. The van der Waals surface area contributed by atoms with Crippen molar-refractivity contribution < 1.29 is 0 Å². The Morgan fingerprint density at radius 1 is 1.32 bits per heavy atom. The third kappa shape index (κ3) is 3.02. The molecule has 1 aliphatic rings. The molecule has 0 spiro atoms. The smallest absolute Gasteiger partial charge is 0.110 e. The minimum Gasteiger partial charge on any atom is -0.335 e. The summed E-state index contributed by atoms with van der Waals surface area (Å²) < 4.78 is 2.28. The van der Waals surface area contributed by atoms with Crippen LogP contribution >= 0.6 is 0 Å². The van der Waals surface area contributed by atoms with E-state index < -0.39 is 0 Å². The fraction of sp³-hybridized carbons (Fsp3) is 0.812. The van der Waals surface area contributed by atoms with E-state index in [0.717, 1.165) is 19.5 Å². The number of likely N-dealkylation sites (N-methyl/N-ethyl adjacent to an activating group) is 1. The van der Waals surface area contributed by atoms with Gasteiger partial charge in [-0.15, -0.1) is 0 Å². The Kier molecular flexibility index (Phi) is 5.03. The van der Waals surface area contributed by atoms with Crippen LogP contribution in [0, 0.1) is 5.41 Å². The number of aromatic nitrogens is 2.